The van der Waals surface area contributed by atoms with Crippen molar-refractivity contribution in [3.8, 4) is 0 Å². The highest BCUT2D eigenvalue weighted by Crippen LogP contribution is 2.33. The number of carboxylic acid groups (broad SMARTS) is 1. The molecule has 19 heavy (non-hydrogen) atoms. The van der Waals surface area contributed by atoms with Gasteiger partial charge in [0.2, 0.25) is 0 Å². The predicted octanol–water partition coefficient (Wildman–Crippen LogP) is 2.67. The molecular formula is C13H16N2O4. The monoisotopic (exact) mass is 264 g/mol. The molecule has 1 aliphatic carbocycles. The zero-order valence-electron chi connectivity index (χ0n) is 10.7. The van der Waals surface area contributed by atoms with Crippen molar-refractivity contribution in [2.75, 3.05) is 11.9 Å². The van der Waals surface area contributed by atoms with Gasteiger partial charge in [0.25, 0.3) is 5.69 Å². The van der Waals surface area contributed by atoms with Gasteiger partial charge in [0.1, 0.15) is 5.69 Å². The van der Waals surface area contributed by atoms with E-state index in [1.807, 2.05) is 11.9 Å². The number of nitro benzene ring substituents is 1. The van der Waals surface area contributed by atoms with E-state index in [1.54, 1.807) is 0 Å². The number of carbonyl (C=O) groups is 1. The molecule has 2 rings (SSSR count). The number of anilines is 1. The second kappa shape index (κ2) is 5.26. The molecule has 0 bridgehead atoms. The minimum atomic E-state index is -1.15. The number of rotatable bonds is 4. The van der Waals surface area contributed by atoms with Crippen molar-refractivity contribution in [3.05, 3.63) is 33.9 Å². The smallest absolute Gasteiger partial charge is 0.335 e. The average molecular weight is 264 g/mol. The van der Waals surface area contributed by atoms with Crippen LogP contribution in [0.3, 0.4) is 0 Å². The number of benzene rings is 1. The molecule has 6 nitrogen and oxygen atoms in total. The highest BCUT2D eigenvalue weighted by atomic mass is 16.6. The maximum absolute atomic E-state index is 11.1. The molecule has 1 N–H and O–H groups in total. The van der Waals surface area contributed by atoms with E-state index in [1.165, 1.54) is 12.1 Å². The van der Waals surface area contributed by atoms with Gasteiger partial charge in [0, 0.05) is 19.2 Å². The van der Waals surface area contributed by atoms with Crippen LogP contribution in [0.25, 0.3) is 0 Å². The van der Waals surface area contributed by atoms with Gasteiger partial charge in [-0.25, -0.2) is 4.79 Å². The molecule has 0 saturated heterocycles. The molecule has 0 aliphatic heterocycles. The molecule has 102 valence electrons. The normalized spacial score (nSPS) is 15.4. The minimum Gasteiger partial charge on any atom is -0.478 e. The van der Waals surface area contributed by atoms with E-state index in [9.17, 15) is 14.9 Å². The number of aromatic carboxylic acids is 1. The Morgan fingerprint density at radius 2 is 2.05 bits per heavy atom. The fourth-order valence-electron chi connectivity index (χ4n) is 2.59. The number of carboxylic acids is 1. The van der Waals surface area contributed by atoms with E-state index < -0.39 is 10.9 Å². The van der Waals surface area contributed by atoms with Gasteiger partial charge in [0.05, 0.1) is 10.5 Å². The Bertz CT molecular complexity index is 509. The summed E-state index contributed by atoms with van der Waals surface area (Å²) in [5.74, 6) is -1.15. The molecule has 0 unspecified atom stereocenters. The van der Waals surface area contributed by atoms with E-state index >= 15 is 0 Å². The lowest BCUT2D eigenvalue weighted by molar-refractivity contribution is -0.384. The first-order valence-corrected chi connectivity index (χ1v) is 6.25. The lowest BCUT2D eigenvalue weighted by Gasteiger charge is -2.26. The predicted molar refractivity (Wildman–Crippen MR) is 70.7 cm³/mol. The van der Waals surface area contributed by atoms with E-state index in [0.29, 0.717) is 11.7 Å². The van der Waals surface area contributed by atoms with Crippen LogP contribution in [0.5, 0.6) is 0 Å². The molecule has 1 aliphatic rings. The van der Waals surface area contributed by atoms with Crippen molar-refractivity contribution in [3.63, 3.8) is 0 Å². The molecule has 1 aromatic carbocycles. The summed E-state index contributed by atoms with van der Waals surface area (Å²) in [6, 6.07) is 4.37. The Hall–Kier alpha value is -2.11. The van der Waals surface area contributed by atoms with Crippen LogP contribution in [0.2, 0.25) is 0 Å². The fourth-order valence-corrected chi connectivity index (χ4v) is 2.59. The fraction of sp³-hybridized carbons (Fsp3) is 0.462. The lowest BCUT2D eigenvalue weighted by Crippen LogP contribution is -2.29. The molecule has 0 atom stereocenters. The van der Waals surface area contributed by atoms with Crippen molar-refractivity contribution in [1.29, 1.82) is 0 Å². The van der Waals surface area contributed by atoms with Gasteiger partial charge in [-0.3, -0.25) is 10.1 Å². The van der Waals surface area contributed by atoms with Gasteiger partial charge in [-0.15, -0.1) is 0 Å². The molecule has 1 fully saturated rings. The molecule has 0 aromatic heterocycles. The van der Waals surface area contributed by atoms with E-state index in [-0.39, 0.29) is 11.3 Å². The van der Waals surface area contributed by atoms with Crippen LogP contribution in [0.4, 0.5) is 11.4 Å². The zero-order valence-corrected chi connectivity index (χ0v) is 10.7. The van der Waals surface area contributed by atoms with Crippen molar-refractivity contribution >= 4 is 17.3 Å². The van der Waals surface area contributed by atoms with Crippen molar-refractivity contribution in [2.45, 2.75) is 31.7 Å². The Labute approximate surface area is 110 Å². The second-order valence-corrected chi connectivity index (χ2v) is 4.81. The zero-order chi connectivity index (χ0) is 14.0. The summed E-state index contributed by atoms with van der Waals surface area (Å²) in [7, 11) is 1.83. The molecule has 0 radical (unpaired) electrons. The summed E-state index contributed by atoms with van der Waals surface area (Å²) in [6.45, 7) is 0. The number of hydrogen-bond donors (Lipinski definition) is 1. The maximum atomic E-state index is 11.1. The Morgan fingerprint density at radius 3 is 2.58 bits per heavy atom. The largest absolute Gasteiger partial charge is 0.478 e. The van der Waals surface area contributed by atoms with Crippen LogP contribution in [0, 0.1) is 10.1 Å². The number of nitro groups is 1. The van der Waals surface area contributed by atoms with Crippen LogP contribution in [0.1, 0.15) is 36.0 Å². The summed E-state index contributed by atoms with van der Waals surface area (Å²) in [6.07, 6.45) is 4.31. The molecule has 0 amide bonds. The Balaban J connectivity index is 2.38. The van der Waals surface area contributed by atoms with Crippen LogP contribution in [-0.2, 0) is 0 Å². The summed E-state index contributed by atoms with van der Waals surface area (Å²) < 4.78 is 0. The van der Waals surface area contributed by atoms with Gasteiger partial charge in [-0.05, 0) is 25.0 Å². The summed E-state index contributed by atoms with van der Waals surface area (Å²) in [5, 5.41) is 20.0. The van der Waals surface area contributed by atoms with Crippen molar-refractivity contribution < 1.29 is 14.8 Å². The van der Waals surface area contributed by atoms with E-state index in [2.05, 4.69) is 0 Å². The van der Waals surface area contributed by atoms with Crippen LogP contribution >= 0.6 is 0 Å². The van der Waals surface area contributed by atoms with Gasteiger partial charge in [-0.2, -0.15) is 0 Å². The molecular weight excluding hydrogens is 248 g/mol. The first kappa shape index (κ1) is 13.3. The molecule has 1 aromatic rings. The minimum absolute atomic E-state index is 0.0599. The van der Waals surface area contributed by atoms with Crippen LogP contribution in [0.15, 0.2) is 18.2 Å². The summed E-state index contributed by atoms with van der Waals surface area (Å²) >= 11 is 0. The van der Waals surface area contributed by atoms with Gasteiger partial charge in [-0.1, -0.05) is 12.8 Å². The second-order valence-electron chi connectivity index (χ2n) is 4.81. The van der Waals surface area contributed by atoms with Crippen LogP contribution < -0.4 is 4.90 Å². The topological polar surface area (TPSA) is 83.7 Å². The highest BCUT2D eigenvalue weighted by molar-refractivity contribution is 5.89. The summed E-state index contributed by atoms with van der Waals surface area (Å²) in [5.41, 5.74) is 0.284. The summed E-state index contributed by atoms with van der Waals surface area (Å²) in [4.78, 5) is 23.4. The average Bonchev–Trinajstić information content (AvgIpc) is 2.90. The van der Waals surface area contributed by atoms with Crippen LogP contribution in [-0.4, -0.2) is 29.1 Å². The third kappa shape index (κ3) is 2.67. The third-order valence-corrected chi connectivity index (χ3v) is 3.67. The quantitative estimate of drug-likeness (QED) is 0.667. The first-order chi connectivity index (χ1) is 9.00. The van der Waals surface area contributed by atoms with Gasteiger partial charge in [0.15, 0.2) is 0 Å². The van der Waals surface area contributed by atoms with E-state index in [4.69, 9.17) is 5.11 Å². The first-order valence-electron chi connectivity index (χ1n) is 6.25. The third-order valence-electron chi connectivity index (χ3n) is 3.67. The standard InChI is InChI=1S/C13H16N2O4/c1-14(10-4-2-3-5-10)11-7-6-9(13(16)17)8-12(11)15(18)19/h6-8,10H,2-5H2,1H3,(H,16,17). The van der Waals surface area contributed by atoms with Gasteiger partial charge >= 0.3 is 5.97 Å². The molecule has 1 saturated carbocycles. The number of hydrogen-bond acceptors (Lipinski definition) is 4. The SMILES string of the molecule is CN(c1ccc(C(=O)O)cc1[N+](=O)[O-])C1CCCC1. The lowest BCUT2D eigenvalue weighted by atomic mass is 10.1. The Morgan fingerprint density at radius 1 is 1.42 bits per heavy atom. The highest BCUT2D eigenvalue weighted by Gasteiger charge is 2.26. The van der Waals surface area contributed by atoms with Crippen molar-refractivity contribution in [2.24, 2.45) is 0 Å². The molecule has 0 heterocycles. The number of nitrogens with zero attached hydrogens (tertiary/aromatic N) is 2. The van der Waals surface area contributed by atoms with Gasteiger partial charge < -0.3 is 10.0 Å². The Kier molecular flexibility index (Phi) is 3.69. The maximum Gasteiger partial charge on any atom is 0.335 e. The van der Waals surface area contributed by atoms with Crippen molar-refractivity contribution in [1.82, 2.24) is 0 Å². The molecule has 6 heteroatoms. The molecule has 0 spiro atoms. The van der Waals surface area contributed by atoms with E-state index in [0.717, 1.165) is 31.7 Å².